The molecule has 1 unspecified atom stereocenters. The Labute approximate surface area is 130 Å². The molecule has 3 heteroatoms. The Morgan fingerprint density at radius 3 is 2.50 bits per heavy atom. The molecule has 2 rings (SSSR count). The van der Waals surface area contributed by atoms with Gasteiger partial charge in [-0.05, 0) is 82.4 Å². The molecule has 0 amide bonds. The molecule has 1 N–H and O–H groups in total. The van der Waals surface area contributed by atoms with Crippen molar-refractivity contribution < 1.29 is 0 Å². The van der Waals surface area contributed by atoms with Crippen molar-refractivity contribution in [2.75, 3.05) is 20.1 Å². The summed E-state index contributed by atoms with van der Waals surface area (Å²) in [6, 6.07) is 5.43. The van der Waals surface area contributed by atoms with Crippen LogP contribution in [-0.2, 0) is 6.54 Å². The largest absolute Gasteiger partial charge is 0.317 e. The first-order valence-corrected chi connectivity index (χ1v) is 7.55. The van der Waals surface area contributed by atoms with E-state index in [4.69, 9.17) is 0 Å². The Kier molecular flexibility index (Phi) is 7.01. The number of hydrogen-bond acceptors (Lipinski definition) is 2. The Hall–Kier alpha value is -0.570. The van der Waals surface area contributed by atoms with Crippen LogP contribution in [0, 0.1) is 20.8 Å². The van der Waals surface area contributed by atoms with Crippen molar-refractivity contribution in [1.82, 2.24) is 10.2 Å². The number of halogens is 1. The van der Waals surface area contributed by atoms with Crippen molar-refractivity contribution in [3.63, 3.8) is 0 Å². The fourth-order valence-corrected chi connectivity index (χ4v) is 3.03. The van der Waals surface area contributed by atoms with E-state index in [0.29, 0.717) is 0 Å². The summed E-state index contributed by atoms with van der Waals surface area (Å²) in [5.41, 5.74) is 5.74. The summed E-state index contributed by atoms with van der Waals surface area (Å²) in [6.45, 7) is 10.1. The third kappa shape index (κ3) is 4.47. The molecule has 0 radical (unpaired) electrons. The summed E-state index contributed by atoms with van der Waals surface area (Å²) in [4.78, 5) is 2.55. The summed E-state index contributed by atoms with van der Waals surface area (Å²) in [5.74, 6) is 0. The van der Waals surface area contributed by atoms with Crippen LogP contribution in [0.2, 0.25) is 0 Å². The van der Waals surface area contributed by atoms with E-state index >= 15 is 0 Å². The second kappa shape index (κ2) is 8.02. The molecule has 0 aliphatic carbocycles. The fourth-order valence-electron chi connectivity index (χ4n) is 3.03. The second-order valence-corrected chi connectivity index (χ2v) is 6.11. The Balaban J connectivity index is 0.00000200. The van der Waals surface area contributed by atoms with E-state index in [1.807, 2.05) is 0 Å². The normalized spacial score (nSPS) is 19.6. The zero-order valence-electron chi connectivity index (χ0n) is 13.3. The second-order valence-electron chi connectivity index (χ2n) is 6.11. The summed E-state index contributed by atoms with van der Waals surface area (Å²) < 4.78 is 0. The molecule has 1 saturated heterocycles. The van der Waals surface area contributed by atoms with Crippen molar-refractivity contribution in [3.05, 3.63) is 34.4 Å². The molecule has 1 aromatic carbocycles. The molecule has 20 heavy (non-hydrogen) atoms. The highest BCUT2D eigenvalue weighted by molar-refractivity contribution is 5.85. The maximum atomic E-state index is 3.50. The van der Waals surface area contributed by atoms with Gasteiger partial charge < -0.3 is 5.32 Å². The molecule has 0 aromatic heterocycles. The minimum Gasteiger partial charge on any atom is -0.317 e. The molecule has 1 aromatic rings. The minimum absolute atomic E-state index is 0. The highest BCUT2D eigenvalue weighted by Crippen LogP contribution is 2.20. The van der Waals surface area contributed by atoms with Crippen LogP contribution < -0.4 is 5.32 Å². The molecule has 0 spiro atoms. The van der Waals surface area contributed by atoms with Gasteiger partial charge in [0.05, 0.1) is 0 Å². The summed E-state index contributed by atoms with van der Waals surface area (Å²) in [5, 5.41) is 3.50. The van der Waals surface area contributed by atoms with Crippen molar-refractivity contribution in [2.24, 2.45) is 0 Å². The molecular formula is C17H29ClN2. The average molecular weight is 297 g/mol. The van der Waals surface area contributed by atoms with Crippen LogP contribution in [-0.4, -0.2) is 31.1 Å². The van der Waals surface area contributed by atoms with Crippen molar-refractivity contribution >= 4 is 12.4 Å². The molecule has 1 aliphatic rings. The topological polar surface area (TPSA) is 15.3 Å². The van der Waals surface area contributed by atoms with Gasteiger partial charge in [-0.1, -0.05) is 12.1 Å². The molecule has 2 nitrogen and oxygen atoms in total. The third-order valence-corrected chi connectivity index (χ3v) is 4.54. The van der Waals surface area contributed by atoms with Crippen molar-refractivity contribution in [3.8, 4) is 0 Å². The number of benzene rings is 1. The molecule has 0 bridgehead atoms. The van der Waals surface area contributed by atoms with Gasteiger partial charge in [0.25, 0.3) is 0 Å². The van der Waals surface area contributed by atoms with Crippen LogP contribution in [0.25, 0.3) is 0 Å². The Morgan fingerprint density at radius 1 is 1.05 bits per heavy atom. The standard InChI is InChI=1S/C17H28N2.ClH/c1-13-10-15(3)16(11-14(13)2)12-19(4)17-6-5-8-18-9-7-17;/h10-11,17-18H,5-9,12H2,1-4H3;1H. The average Bonchev–Trinajstić information content (AvgIpc) is 2.64. The molecule has 1 aliphatic heterocycles. The van der Waals surface area contributed by atoms with Gasteiger partial charge in [0, 0.05) is 12.6 Å². The molecule has 114 valence electrons. The molecule has 1 heterocycles. The monoisotopic (exact) mass is 296 g/mol. The van der Waals surface area contributed by atoms with Crippen LogP contribution in [0.5, 0.6) is 0 Å². The van der Waals surface area contributed by atoms with Gasteiger partial charge in [0.15, 0.2) is 0 Å². The highest BCUT2D eigenvalue weighted by Gasteiger charge is 2.17. The van der Waals surface area contributed by atoms with E-state index in [9.17, 15) is 0 Å². The summed E-state index contributed by atoms with van der Waals surface area (Å²) in [7, 11) is 2.28. The van der Waals surface area contributed by atoms with Gasteiger partial charge in [-0.2, -0.15) is 0 Å². The van der Waals surface area contributed by atoms with Gasteiger partial charge in [-0.15, -0.1) is 12.4 Å². The van der Waals surface area contributed by atoms with E-state index in [0.717, 1.165) is 12.6 Å². The van der Waals surface area contributed by atoms with Crippen LogP contribution in [0.4, 0.5) is 0 Å². The smallest absolute Gasteiger partial charge is 0.0236 e. The van der Waals surface area contributed by atoms with E-state index in [2.05, 4.69) is 50.2 Å². The zero-order chi connectivity index (χ0) is 13.8. The quantitative estimate of drug-likeness (QED) is 0.917. The zero-order valence-corrected chi connectivity index (χ0v) is 14.1. The van der Waals surface area contributed by atoms with Gasteiger partial charge >= 0.3 is 0 Å². The maximum absolute atomic E-state index is 3.50. The maximum Gasteiger partial charge on any atom is 0.0236 e. The first-order chi connectivity index (χ1) is 9.08. The number of rotatable bonds is 3. The van der Waals surface area contributed by atoms with Crippen molar-refractivity contribution in [2.45, 2.75) is 52.6 Å². The summed E-state index contributed by atoms with van der Waals surface area (Å²) in [6.07, 6.45) is 3.91. The predicted octanol–water partition coefficient (Wildman–Crippen LogP) is 3.61. The molecule has 1 fully saturated rings. The first kappa shape index (κ1) is 17.5. The van der Waals surface area contributed by atoms with Crippen LogP contribution in [0.3, 0.4) is 0 Å². The number of nitrogens with zero attached hydrogens (tertiary/aromatic N) is 1. The van der Waals surface area contributed by atoms with Gasteiger partial charge in [0.2, 0.25) is 0 Å². The van der Waals surface area contributed by atoms with E-state index in [-0.39, 0.29) is 12.4 Å². The lowest BCUT2D eigenvalue weighted by Gasteiger charge is -2.27. The van der Waals surface area contributed by atoms with Crippen LogP contribution in [0.15, 0.2) is 12.1 Å². The van der Waals surface area contributed by atoms with Gasteiger partial charge in [-0.25, -0.2) is 0 Å². The van der Waals surface area contributed by atoms with E-state index in [1.54, 1.807) is 0 Å². The number of nitrogens with one attached hydrogen (secondary N) is 1. The SMILES string of the molecule is Cc1cc(C)c(CN(C)C2CCCNCC2)cc1C.Cl. The van der Waals surface area contributed by atoms with Crippen LogP contribution in [0.1, 0.15) is 41.5 Å². The van der Waals surface area contributed by atoms with Crippen molar-refractivity contribution in [1.29, 1.82) is 0 Å². The van der Waals surface area contributed by atoms with Gasteiger partial charge in [-0.3, -0.25) is 4.90 Å². The van der Waals surface area contributed by atoms with E-state index < -0.39 is 0 Å². The fraction of sp³-hybridized carbons (Fsp3) is 0.647. The highest BCUT2D eigenvalue weighted by atomic mass is 35.5. The van der Waals surface area contributed by atoms with Crippen LogP contribution >= 0.6 is 12.4 Å². The lowest BCUT2D eigenvalue weighted by molar-refractivity contribution is 0.216. The Bertz CT molecular complexity index is 423. The third-order valence-electron chi connectivity index (χ3n) is 4.54. The predicted molar refractivity (Wildman–Crippen MR) is 89.9 cm³/mol. The lowest BCUT2D eigenvalue weighted by atomic mass is 9.99. The van der Waals surface area contributed by atoms with E-state index in [1.165, 1.54) is 54.6 Å². The number of hydrogen-bond donors (Lipinski definition) is 1. The first-order valence-electron chi connectivity index (χ1n) is 7.55. The summed E-state index contributed by atoms with van der Waals surface area (Å²) >= 11 is 0. The number of aryl methyl sites for hydroxylation is 3. The molecule has 1 atom stereocenters. The lowest BCUT2D eigenvalue weighted by Crippen LogP contribution is -2.32. The minimum atomic E-state index is 0. The van der Waals surface area contributed by atoms with Gasteiger partial charge in [0.1, 0.15) is 0 Å². The molecular weight excluding hydrogens is 268 g/mol. The Morgan fingerprint density at radius 2 is 1.75 bits per heavy atom. The molecule has 0 saturated carbocycles.